The Hall–Kier alpha value is -12.7. The largest absolute Gasteiger partial charge is 0.540 e. The third kappa shape index (κ3) is 22.1. The van der Waals surface area contributed by atoms with E-state index in [0.29, 0.717) is 117 Å². The van der Waals surface area contributed by atoms with Gasteiger partial charge in [0.05, 0.1) is 0 Å². The minimum atomic E-state index is -3.28. The van der Waals surface area contributed by atoms with Gasteiger partial charge in [-0.1, -0.05) is 388 Å². The predicted molar refractivity (Wildman–Crippen MR) is 516 cm³/mol. The molecule has 0 saturated heterocycles. The normalized spacial score (nSPS) is 11.9. The van der Waals surface area contributed by atoms with Crippen LogP contribution in [0.1, 0.15) is 123 Å². The zero-order valence-corrected chi connectivity index (χ0v) is 76.0. The fourth-order valence-corrected chi connectivity index (χ4v) is 36.0. The first-order valence-corrected chi connectivity index (χ1v) is 54.0. The molecule has 0 unspecified atom stereocenters. The van der Waals surface area contributed by atoms with Gasteiger partial charge in [0.25, 0.3) is 33.3 Å². The van der Waals surface area contributed by atoms with Crippen LogP contribution in [0.4, 0.5) is 17.6 Å². The van der Waals surface area contributed by atoms with Crippen molar-refractivity contribution in [2.75, 3.05) is 0 Å². The fraction of sp³-hybridized carbons (Fsp3) is 0.158. The molecule has 0 bridgehead atoms. The van der Waals surface area contributed by atoms with Crippen molar-refractivity contribution in [3.05, 3.63) is 547 Å². The second kappa shape index (κ2) is 40.5. The topological polar surface area (TPSA) is 36.9 Å². The average molecular weight is 1730 g/mol. The molecule has 4 nitrogen and oxygen atoms in total. The quantitative estimate of drug-likeness (QED) is 0.0287. The lowest BCUT2D eigenvalue weighted by Crippen LogP contribution is -2.50. The van der Waals surface area contributed by atoms with Crippen LogP contribution in [0.15, 0.2) is 413 Å². The number of hydrogen-bond acceptors (Lipinski definition) is 4. The van der Waals surface area contributed by atoms with Gasteiger partial charge in [-0.15, -0.1) is 0 Å². The summed E-state index contributed by atoms with van der Waals surface area (Å²) in [4.78, 5) is 0. The van der Waals surface area contributed by atoms with E-state index in [2.05, 4.69) is 146 Å². The van der Waals surface area contributed by atoms with E-state index in [-0.39, 0.29) is 23.0 Å². The summed E-state index contributed by atoms with van der Waals surface area (Å²) in [7, 11) is -13.1. The second-order valence-corrected chi connectivity index (χ2v) is 49.2. The summed E-state index contributed by atoms with van der Waals surface area (Å²) >= 11 is 0. The molecule has 0 amide bonds. The van der Waals surface area contributed by atoms with Crippen LogP contribution in [0, 0.1) is 51.0 Å². The van der Waals surface area contributed by atoms with Crippen molar-refractivity contribution in [1.29, 1.82) is 0 Å². The third-order valence-electron chi connectivity index (χ3n) is 24.5. The van der Waals surface area contributed by atoms with Crippen molar-refractivity contribution in [1.82, 2.24) is 0 Å². The lowest BCUT2D eigenvalue weighted by Gasteiger charge is -2.36. The van der Waals surface area contributed by atoms with Crippen LogP contribution in [-0.2, 0) is 72.5 Å². The van der Waals surface area contributed by atoms with Crippen molar-refractivity contribution in [3.8, 4) is 23.0 Å². The molecule has 0 aliphatic carbocycles. The van der Waals surface area contributed by atoms with Crippen LogP contribution in [-0.4, -0.2) is 33.3 Å². The molecule has 16 aromatic carbocycles. The first-order valence-electron chi connectivity index (χ1n) is 43.9. The minimum Gasteiger partial charge on any atom is -0.540 e. The van der Waals surface area contributed by atoms with Crippen LogP contribution in [0.5, 0.6) is 23.0 Å². The van der Waals surface area contributed by atoms with E-state index in [0.717, 1.165) is 66.8 Å². The summed E-state index contributed by atoms with van der Waals surface area (Å²) in [5, 5.41) is 0. The number of rotatable bonds is 37. The van der Waals surface area contributed by atoms with Crippen LogP contribution in [0.2, 0.25) is 0 Å². The van der Waals surface area contributed by atoms with Gasteiger partial charge >= 0.3 is 0 Å². The zero-order chi connectivity index (χ0) is 86.7. The summed E-state index contributed by atoms with van der Waals surface area (Å²) in [6, 6.07) is 145. The van der Waals surface area contributed by atoms with Gasteiger partial charge in [-0.3, -0.25) is 0 Å². The molecule has 16 aromatic rings. The standard InChI is InChI=1S/C114H106F4O4Si4/c1-85-65-101(69-105(115)111(85)119-123(73-89-41-17-5-18-42-89,74-90-43-19-6-20-44-90)75-91-45-21-7-22-46-91)109(102-66-86(2)112(106(116)70-102)120-124(76-92-47-23-8-24-48-92,77-93-49-25-9-26-50-93)78-94-51-27-10-28-52-94)110(103-67-87(3)113(107(117)71-103)121-125(79-95-53-29-11-30-54-95,80-96-55-31-12-32-56-96)81-97-57-33-13-34-58-97)104-68-88(4)114(108(118)72-104)122-126(82-98-59-35-14-36-60-98,83-99-61-37-15-38-62-99)84-100-63-39-16-40-64-100/h5-72,109-110H,73-84H2,1-4H3. The van der Waals surface area contributed by atoms with E-state index in [1.54, 1.807) is 0 Å². The van der Waals surface area contributed by atoms with Crippen molar-refractivity contribution in [2.45, 2.75) is 112 Å². The van der Waals surface area contributed by atoms with Crippen molar-refractivity contribution >= 4 is 33.3 Å². The molecule has 0 aromatic heterocycles. The molecule has 0 spiro atoms. The highest BCUT2D eigenvalue weighted by atomic mass is 28.4. The molecular formula is C114H106F4O4Si4. The third-order valence-corrected chi connectivity index (χ3v) is 39.7. The summed E-state index contributed by atoms with van der Waals surface area (Å²) in [6.07, 6.45) is 0. The Balaban J connectivity index is 0.924. The molecule has 126 heavy (non-hydrogen) atoms. The van der Waals surface area contributed by atoms with Crippen LogP contribution >= 0.6 is 0 Å². The molecule has 0 fully saturated rings. The molecular weight excluding hydrogens is 1620 g/mol. The van der Waals surface area contributed by atoms with Crippen molar-refractivity contribution in [2.24, 2.45) is 0 Å². The molecule has 0 radical (unpaired) electrons. The Morgan fingerprint density at radius 2 is 0.286 bits per heavy atom. The number of halogens is 4. The SMILES string of the molecule is Cc1cc(C(c2cc(C)c(O[Si](Cc3ccccc3)(Cc3ccccc3)Cc3ccccc3)c(F)c2)C(c2cc(C)c(O[Si](Cc3ccccc3)(Cc3ccccc3)Cc3ccccc3)c(F)c2)c2cc(C)c(O[Si](Cc3ccccc3)(Cc3ccccc3)Cc3ccccc3)c(F)c2)cc(F)c1O[Si](Cc1ccccc1)(Cc1ccccc1)Cc1ccccc1. The highest BCUT2D eigenvalue weighted by molar-refractivity contribution is 6.74. The maximum atomic E-state index is 19.4. The minimum absolute atomic E-state index is 0.112. The van der Waals surface area contributed by atoms with Gasteiger partial charge in [0.2, 0.25) is 0 Å². The maximum absolute atomic E-state index is 19.4. The van der Waals surface area contributed by atoms with Gasteiger partial charge < -0.3 is 17.7 Å². The smallest absolute Gasteiger partial charge is 0.264 e. The molecule has 0 atom stereocenters. The lowest BCUT2D eigenvalue weighted by atomic mass is 9.72. The van der Waals surface area contributed by atoms with Gasteiger partial charge in [-0.05, 0) is 163 Å². The molecule has 0 aliphatic rings. The molecule has 0 heterocycles. The number of hydrogen-bond donors (Lipinski definition) is 0. The van der Waals surface area contributed by atoms with E-state index >= 15 is 17.6 Å². The van der Waals surface area contributed by atoms with E-state index in [9.17, 15) is 0 Å². The summed E-state index contributed by atoms with van der Waals surface area (Å²) in [6.45, 7) is 7.55. The fourth-order valence-electron chi connectivity index (χ4n) is 19.1. The number of aryl methyl sites for hydroxylation is 4. The predicted octanol–water partition coefficient (Wildman–Crippen LogP) is 27.1. The Morgan fingerprint density at radius 1 is 0.175 bits per heavy atom. The van der Waals surface area contributed by atoms with E-state index in [4.69, 9.17) is 17.7 Å². The van der Waals surface area contributed by atoms with Gasteiger partial charge in [0, 0.05) is 84.4 Å². The van der Waals surface area contributed by atoms with E-state index in [1.807, 2.05) is 270 Å². The summed E-state index contributed by atoms with van der Waals surface area (Å²) in [5.74, 6) is -4.25. The van der Waals surface area contributed by atoms with Gasteiger partial charge in [-0.25, -0.2) is 17.6 Å². The second-order valence-electron chi connectivity index (χ2n) is 34.6. The van der Waals surface area contributed by atoms with Crippen LogP contribution in [0.25, 0.3) is 0 Å². The van der Waals surface area contributed by atoms with Crippen molar-refractivity contribution in [3.63, 3.8) is 0 Å². The first kappa shape index (κ1) is 86.8. The molecule has 0 saturated carbocycles. The Kier molecular flexibility index (Phi) is 27.9. The van der Waals surface area contributed by atoms with Gasteiger partial charge in [-0.2, -0.15) is 0 Å². The monoisotopic (exact) mass is 1730 g/mol. The van der Waals surface area contributed by atoms with Crippen molar-refractivity contribution < 1.29 is 35.3 Å². The Bertz CT molecular complexity index is 4940. The summed E-state index contributed by atoms with van der Waals surface area (Å²) in [5.41, 5.74) is 16.6. The molecule has 0 N–H and O–H groups in total. The molecule has 630 valence electrons. The van der Waals surface area contributed by atoms with E-state index in [1.165, 1.54) is 24.3 Å². The van der Waals surface area contributed by atoms with Gasteiger partial charge in [0.15, 0.2) is 23.3 Å². The average Bonchev–Trinajstić information content (AvgIpc) is 0.726. The van der Waals surface area contributed by atoms with Gasteiger partial charge in [0.1, 0.15) is 23.0 Å². The molecule has 16 rings (SSSR count). The lowest BCUT2D eigenvalue weighted by molar-refractivity contribution is 0.465. The van der Waals surface area contributed by atoms with E-state index < -0.39 is 68.4 Å². The Morgan fingerprint density at radius 3 is 0.389 bits per heavy atom. The zero-order valence-electron chi connectivity index (χ0n) is 72.0. The molecule has 12 heteroatoms. The number of benzene rings is 16. The Labute approximate surface area is 745 Å². The van der Waals surface area contributed by atoms with Crippen LogP contribution < -0.4 is 17.7 Å². The maximum Gasteiger partial charge on any atom is 0.264 e. The summed E-state index contributed by atoms with van der Waals surface area (Å²) < 4.78 is 109. The highest BCUT2D eigenvalue weighted by Gasteiger charge is 2.45. The molecule has 0 aliphatic heterocycles. The van der Waals surface area contributed by atoms with Crippen LogP contribution in [0.3, 0.4) is 0 Å². The first-order chi connectivity index (χ1) is 61.5. The highest BCUT2D eigenvalue weighted by Crippen LogP contribution is 2.50.